The molecule has 10 nitrogen and oxygen atoms in total. The van der Waals surface area contributed by atoms with E-state index in [0.717, 1.165) is 53.8 Å². The molecule has 36 heavy (non-hydrogen) atoms. The lowest BCUT2D eigenvalue weighted by molar-refractivity contribution is 0.102. The summed E-state index contributed by atoms with van der Waals surface area (Å²) >= 11 is 0. The minimum absolute atomic E-state index is 0.211. The number of hydrogen-bond acceptors (Lipinski definition) is 8. The minimum Gasteiger partial charge on any atom is -0.444 e. The summed E-state index contributed by atoms with van der Waals surface area (Å²) in [7, 11) is 1.68. The van der Waals surface area contributed by atoms with Gasteiger partial charge in [-0.3, -0.25) is 14.5 Å². The van der Waals surface area contributed by atoms with Gasteiger partial charge in [-0.15, -0.1) is 0 Å². The van der Waals surface area contributed by atoms with Gasteiger partial charge in [0, 0.05) is 43.0 Å². The Labute approximate surface area is 209 Å². The molecular weight excluding hydrogens is 458 g/mol. The van der Waals surface area contributed by atoms with Crippen LogP contribution in [0.2, 0.25) is 0 Å². The van der Waals surface area contributed by atoms with Crippen molar-refractivity contribution in [3.8, 4) is 11.5 Å². The summed E-state index contributed by atoms with van der Waals surface area (Å²) in [6.45, 7) is 5.56. The Balaban J connectivity index is 1.45. The number of oxazole rings is 1. The highest BCUT2D eigenvalue weighted by molar-refractivity contribution is 6.06. The zero-order valence-corrected chi connectivity index (χ0v) is 20.6. The van der Waals surface area contributed by atoms with Gasteiger partial charge in [-0.1, -0.05) is 0 Å². The molecule has 0 radical (unpaired) electrons. The van der Waals surface area contributed by atoms with Gasteiger partial charge in [0.1, 0.15) is 6.26 Å². The molecule has 188 valence electrons. The quantitative estimate of drug-likeness (QED) is 0.386. The summed E-state index contributed by atoms with van der Waals surface area (Å²) in [4.78, 5) is 24.1. The van der Waals surface area contributed by atoms with Gasteiger partial charge < -0.3 is 25.1 Å². The van der Waals surface area contributed by atoms with Crippen molar-refractivity contribution in [2.45, 2.75) is 26.3 Å². The van der Waals surface area contributed by atoms with Crippen molar-refractivity contribution in [3.63, 3.8) is 0 Å². The third-order valence-corrected chi connectivity index (χ3v) is 6.68. The van der Waals surface area contributed by atoms with Gasteiger partial charge in [0.25, 0.3) is 5.91 Å². The highest BCUT2D eigenvalue weighted by atomic mass is 16.5. The molecule has 0 bridgehead atoms. The lowest BCUT2D eigenvalue weighted by Gasteiger charge is -2.34. The standard InChI is InChI=1S/C26H31N7O3/c1-17-11-19(3-6-28-17)26-31-22(16-36-26)25(34)30-21-12-20-15-29-33(9-10-35-2)23(20)13-24(21)32-7-4-18(14-27)5-8-32/h3,6,11-13,15-16,18H,4-5,7-10,14,27H2,1-2H3,(H,30,34). The number of aryl methyl sites for hydroxylation is 1. The Morgan fingerprint density at radius 2 is 2.11 bits per heavy atom. The molecule has 3 N–H and O–H groups in total. The van der Waals surface area contributed by atoms with E-state index >= 15 is 0 Å². The topological polar surface area (TPSA) is 124 Å². The Bertz CT molecular complexity index is 1350. The molecule has 1 amide bonds. The lowest BCUT2D eigenvalue weighted by atomic mass is 9.96. The average molecular weight is 490 g/mol. The third-order valence-electron chi connectivity index (χ3n) is 6.68. The number of anilines is 2. The fourth-order valence-corrected chi connectivity index (χ4v) is 4.62. The van der Waals surface area contributed by atoms with Crippen molar-refractivity contribution >= 4 is 28.2 Å². The van der Waals surface area contributed by atoms with Crippen molar-refractivity contribution in [1.29, 1.82) is 0 Å². The van der Waals surface area contributed by atoms with Crippen LogP contribution in [0, 0.1) is 12.8 Å². The lowest BCUT2D eigenvalue weighted by Crippen LogP contribution is -2.36. The zero-order chi connectivity index (χ0) is 25.1. The van der Waals surface area contributed by atoms with Gasteiger partial charge in [-0.05, 0) is 56.5 Å². The molecule has 1 aromatic carbocycles. The number of hydrogen-bond donors (Lipinski definition) is 2. The molecule has 0 aliphatic carbocycles. The molecule has 4 heterocycles. The summed E-state index contributed by atoms with van der Waals surface area (Å²) < 4.78 is 12.8. The van der Waals surface area contributed by atoms with Crippen LogP contribution in [0.4, 0.5) is 11.4 Å². The number of ether oxygens (including phenoxy) is 1. The van der Waals surface area contributed by atoms with E-state index in [0.29, 0.717) is 37.2 Å². The summed E-state index contributed by atoms with van der Waals surface area (Å²) in [5.41, 5.74) is 10.4. The molecular formula is C26H31N7O3. The first-order valence-electron chi connectivity index (χ1n) is 12.2. The van der Waals surface area contributed by atoms with Crippen LogP contribution in [-0.4, -0.2) is 59.0 Å². The monoisotopic (exact) mass is 489 g/mol. The van der Waals surface area contributed by atoms with E-state index in [1.165, 1.54) is 6.26 Å². The Morgan fingerprint density at radius 1 is 1.28 bits per heavy atom. The summed E-state index contributed by atoms with van der Waals surface area (Å²) in [6.07, 6.45) is 6.92. The predicted octanol–water partition coefficient (Wildman–Crippen LogP) is 3.47. The molecule has 4 aromatic rings. The first kappa shape index (κ1) is 24.0. The number of amides is 1. The van der Waals surface area contributed by atoms with Crippen LogP contribution in [0.1, 0.15) is 29.0 Å². The van der Waals surface area contributed by atoms with Crippen molar-refractivity contribution < 1.29 is 13.9 Å². The molecule has 0 atom stereocenters. The highest BCUT2D eigenvalue weighted by Gasteiger charge is 2.23. The number of piperidine rings is 1. The molecule has 0 spiro atoms. The van der Waals surface area contributed by atoms with E-state index in [-0.39, 0.29) is 11.6 Å². The van der Waals surface area contributed by atoms with E-state index in [9.17, 15) is 4.79 Å². The molecule has 3 aromatic heterocycles. The van der Waals surface area contributed by atoms with Gasteiger partial charge in [-0.25, -0.2) is 4.98 Å². The average Bonchev–Trinajstić information content (AvgIpc) is 3.55. The van der Waals surface area contributed by atoms with E-state index in [4.69, 9.17) is 14.9 Å². The van der Waals surface area contributed by atoms with Gasteiger partial charge in [0.2, 0.25) is 5.89 Å². The predicted molar refractivity (Wildman–Crippen MR) is 138 cm³/mol. The van der Waals surface area contributed by atoms with Gasteiger partial charge in [0.05, 0.1) is 36.2 Å². The van der Waals surface area contributed by atoms with E-state index in [1.807, 2.05) is 29.9 Å². The summed E-state index contributed by atoms with van der Waals surface area (Å²) in [6, 6.07) is 7.75. The second-order valence-corrected chi connectivity index (χ2v) is 9.13. The maximum atomic E-state index is 13.2. The summed E-state index contributed by atoms with van der Waals surface area (Å²) in [5, 5.41) is 8.53. The van der Waals surface area contributed by atoms with Crippen molar-refractivity contribution in [2.24, 2.45) is 11.7 Å². The SMILES string of the molecule is COCCn1ncc2cc(NC(=O)c3coc(-c4ccnc(C)c4)n3)c(N3CCC(CN)CC3)cc21. The minimum atomic E-state index is -0.333. The van der Waals surface area contributed by atoms with Crippen molar-refractivity contribution in [1.82, 2.24) is 19.7 Å². The molecule has 1 fully saturated rings. The largest absolute Gasteiger partial charge is 0.444 e. The first-order chi connectivity index (χ1) is 17.6. The molecule has 1 saturated heterocycles. The number of nitrogens with one attached hydrogen (secondary N) is 1. The van der Waals surface area contributed by atoms with Crippen LogP contribution in [0.25, 0.3) is 22.4 Å². The summed E-state index contributed by atoms with van der Waals surface area (Å²) in [5.74, 6) is 0.574. The van der Waals surface area contributed by atoms with Gasteiger partial charge >= 0.3 is 0 Å². The molecule has 0 unspecified atom stereocenters. The number of methoxy groups -OCH3 is 1. The van der Waals surface area contributed by atoms with E-state index in [2.05, 4.69) is 31.3 Å². The molecule has 5 rings (SSSR count). The Hall–Kier alpha value is -3.76. The number of benzene rings is 1. The number of pyridine rings is 1. The first-order valence-corrected chi connectivity index (χ1v) is 12.2. The maximum absolute atomic E-state index is 13.2. The smallest absolute Gasteiger partial charge is 0.277 e. The van der Waals surface area contributed by atoms with Gasteiger partial charge in [-0.2, -0.15) is 5.10 Å². The Kier molecular flexibility index (Phi) is 6.97. The van der Waals surface area contributed by atoms with Crippen molar-refractivity contribution in [2.75, 3.05) is 43.6 Å². The fourth-order valence-electron chi connectivity index (χ4n) is 4.62. The number of aromatic nitrogens is 4. The number of carbonyl (C=O) groups is 1. The van der Waals surface area contributed by atoms with E-state index in [1.54, 1.807) is 19.4 Å². The third kappa shape index (κ3) is 4.95. The molecule has 0 saturated carbocycles. The Morgan fingerprint density at radius 3 is 2.86 bits per heavy atom. The van der Waals surface area contributed by atoms with Crippen LogP contribution < -0.4 is 16.0 Å². The maximum Gasteiger partial charge on any atom is 0.277 e. The van der Waals surface area contributed by atoms with Crippen molar-refractivity contribution in [3.05, 3.63) is 54.3 Å². The highest BCUT2D eigenvalue weighted by Crippen LogP contribution is 2.34. The second kappa shape index (κ2) is 10.5. The van der Waals surface area contributed by atoms with Crippen LogP contribution in [-0.2, 0) is 11.3 Å². The van der Waals surface area contributed by atoms with Crippen LogP contribution >= 0.6 is 0 Å². The van der Waals surface area contributed by atoms with Gasteiger partial charge in [0.15, 0.2) is 5.69 Å². The number of fused-ring (bicyclic) bond motifs is 1. The normalized spacial score (nSPS) is 14.5. The van der Waals surface area contributed by atoms with Crippen LogP contribution in [0.3, 0.4) is 0 Å². The molecule has 1 aliphatic rings. The second-order valence-electron chi connectivity index (χ2n) is 9.13. The zero-order valence-electron chi connectivity index (χ0n) is 20.6. The number of carbonyl (C=O) groups excluding carboxylic acids is 1. The number of nitrogens with zero attached hydrogens (tertiary/aromatic N) is 5. The molecule has 10 heteroatoms. The number of rotatable bonds is 8. The fraction of sp³-hybridized carbons (Fsp3) is 0.385. The van der Waals surface area contributed by atoms with E-state index < -0.39 is 0 Å². The number of nitrogens with two attached hydrogens (primary N) is 1. The van der Waals surface area contributed by atoms with Crippen LogP contribution in [0.5, 0.6) is 0 Å². The van der Waals surface area contributed by atoms with Crippen LogP contribution in [0.15, 0.2) is 47.3 Å². The molecule has 1 aliphatic heterocycles.